The van der Waals surface area contributed by atoms with Crippen LogP contribution in [0.2, 0.25) is 0 Å². The Morgan fingerprint density at radius 3 is 2.88 bits per heavy atom. The van der Waals surface area contributed by atoms with Gasteiger partial charge in [0.05, 0.1) is 23.9 Å². The van der Waals surface area contributed by atoms with Crippen LogP contribution in [0.1, 0.15) is 44.2 Å². The van der Waals surface area contributed by atoms with Crippen molar-refractivity contribution >= 4 is 28.6 Å². The number of carbonyl (C=O) groups excluding carboxylic acids is 1. The van der Waals surface area contributed by atoms with Crippen molar-refractivity contribution in [3.05, 3.63) is 65.3 Å². The van der Waals surface area contributed by atoms with E-state index in [9.17, 15) is 14.3 Å². The molecule has 7 heteroatoms. The monoisotopic (exact) mass is 435 g/mol. The van der Waals surface area contributed by atoms with E-state index in [4.69, 9.17) is 4.74 Å². The summed E-state index contributed by atoms with van der Waals surface area (Å²) in [6.07, 6.45) is 6.88. The zero-order valence-corrected chi connectivity index (χ0v) is 18.2. The minimum atomic E-state index is -0.659. The zero-order valence-electron chi connectivity index (χ0n) is 18.2. The fourth-order valence-corrected chi connectivity index (χ4v) is 4.82. The fourth-order valence-electron chi connectivity index (χ4n) is 4.82. The highest BCUT2D eigenvalue weighted by atomic mass is 19.1. The predicted octanol–water partition coefficient (Wildman–Crippen LogP) is 4.13. The van der Waals surface area contributed by atoms with Gasteiger partial charge in [-0.1, -0.05) is 0 Å². The molecular weight excluding hydrogens is 409 g/mol. The first kappa shape index (κ1) is 20.7. The molecule has 3 aliphatic heterocycles. The second-order valence-electron chi connectivity index (χ2n) is 8.98. The van der Waals surface area contributed by atoms with Crippen LogP contribution in [0, 0.1) is 5.82 Å². The first-order chi connectivity index (χ1) is 15.4. The Morgan fingerprint density at radius 2 is 2.12 bits per heavy atom. The number of benzene rings is 1. The van der Waals surface area contributed by atoms with Gasteiger partial charge in [-0.15, -0.1) is 0 Å². The molecule has 1 fully saturated rings. The number of aliphatic hydroxyl groups excluding tert-OH is 1. The van der Waals surface area contributed by atoms with E-state index in [1.54, 1.807) is 6.07 Å². The molecule has 1 atom stereocenters. The minimum absolute atomic E-state index is 0.106. The Labute approximate surface area is 186 Å². The summed E-state index contributed by atoms with van der Waals surface area (Å²) < 4.78 is 19.8. The van der Waals surface area contributed by atoms with Crippen LogP contribution in [-0.4, -0.2) is 40.8 Å². The Kier molecular flexibility index (Phi) is 5.01. The Morgan fingerprint density at radius 1 is 1.28 bits per heavy atom. The molecule has 5 rings (SSSR count). The lowest BCUT2D eigenvalue weighted by Gasteiger charge is -2.35. The molecule has 1 aromatic heterocycles. The highest BCUT2D eigenvalue weighted by Crippen LogP contribution is 2.44. The van der Waals surface area contributed by atoms with Crippen LogP contribution >= 0.6 is 0 Å². The Balaban J connectivity index is 1.50. The van der Waals surface area contributed by atoms with Gasteiger partial charge in [0.1, 0.15) is 23.0 Å². The maximum absolute atomic E-state index is 13.6. The number of halogens is 1. The quantitative estimate of drug-likeness (QED) is 0.710. The van der Waals surface area contributed by atoms with Crippen molar-refractivity contribution in [2.45, 2.75) is 44.8 Å². The summed E-state index contributed by atoms with van der Waals surface area (Å²) in [4.78, 5) is 19.5. The van der Waals surface area contributed by atoms with E-state index in [2.05, 4.69) is 15.2 Å². The third-order valence-corrected chi connectivity index (χ3v) is 6.45. The summed E-state index contributed by atoms with van der Waals surface area (Å²) in [6.45, 7) is 4.91. The SMILES string of the molecule is CC1(C)O/C(=C2/C(=O)Nc3cc(F)ccc32)C=C1c1ccc(N2CCCCC2CO)nc1. The number of hydrogen-bond donors (Lipinski definition) is 2. The van der Waals surface area contributed by atoms with Crippen molar-refractivity contribution in [3.8, 4) is 0 Å². The van der Waals surface area contributed by atoms with Crippen LogP contribution in [-0.2, 0) is 9.53 Å². The summed E-state index contributed by atoms with van der Waals surface area (Å²) >= 11 is 0. The van der Waals surface area contributed by atoms with E-state index in [0.717, 1.165) is 42.8 Å². The average molecular weight is 435 g/mol. The van der Waals surface area contributed by atoms with E-state index >= 15 is 0 Å². The van der Waals surface area contributed by atoms with Crippen molar-refractivity contribution in [1.29, 1.82) is 0 Å². The van der Waals surface area contributed by atoms with E-state index in [-0.39, 0.29) is 18.6 Å². The van der Waals surface area contributed by atoms with Gasteiger partial charge in [0, 0.05) is 29.4 Å². The lowest BCUT2D eigenvalue weighted by molar-refractivity contribution is -0.111. The van der Waals surface area contributed by atoms with Crippen LogP contribution < -0.4 is 10.2 Å². The number of anilines is 2. The summed E-state index contributed by atoms with van der Waals surface area (Å²) in [5, 5.41) is 12.4. The first-order valence-electron chi connectivity index (χ1n) is 11.0. The fraction of sp³-hybridized carbons (Fsp3) is 0.360. The standard InChI is InChI=1S/C25H26FN3O3/c1-25(2)19(15-6-9-22(27-13-15)29-10-4-3-5-17(29)14-30)12-21(32-25)23-18-8-7-16(26)11-20(18)28-24(23)31/h6-9,11-13,17,30H,3-5,10,14H2,1-2H3,(H,28,31)/b23-21+. The number of hydrogen-bond acceptors (Lipinski definition) is 5. The Bertz CT molecular complexity index is 1140. The number of aromatic nitrogens is 1. The largest absolute Gasteiger partial charge is 0.482 e. The maximum Gasteiger partial charge on any atom is 0.260 e. The lowest BCUT2D eigenvalue weighted by Crippen LogP contribution is -2.42. The van der Waals surface area contributed by atoms with E-state index in [1.807, 2.05) is 38.3 Å². The number of piperidine rings is 1. The van der Waals surface area contributed by atoms with Crippen LogP contribution in [0.25, 0.3) is 11.1 Å². The number of aliphatic hydroxyl groups is 1. The second-order valence-corrected chi connectivity index (χ2v) is 8.98. The van der Waals surface area contributed by atoms with Gasteiger partial charge < -0.3 is 20.1 Å². The summed E-state index contributed by atoms with van der Waals surface area (Å²) in [7, 11) is 0. The van der Waals surface area contributed by atoms with E-state index in [1.165, 1.54) is 12.1 Å². The van der Waals surface area contributed by atoms with Crippen LogP contribution in [0.3, 0.4) is 0 Å². The predicted molar refractivity (Wildman–Crippen MR) is 121 cm³/mol. The number of nitrogens with zero attached hydrogens (tertiary/aromatic N) is 2. The topological polar surface area (TPSA) is 74.7 Å². The number of nitrogens with one attached hydrogen (secondary N) is 1. The molecule has 1 amide bonds. The highest BCUT2D eigenvalue weighted by molar-refractivity contribution is 6.32. The average Bonchev–Trinajstić information content (AvgIpc) is 3.27. The van der Waals surface area contributed by atoms with Gasteiger partial charge in [0.15, 0.2) is 0 Å². The molecule has 0 aliphatic carbocycles. The van der Waals surface area contributed by atoms with Crippen LogP contribution in [0.4, 0.5) is 15.9 Å². The van der Waals surface area contributed by atoms with Crippen molar-refractivity contribution in [2.75, 3.05) is 23.4 Å². The molecule has 166 valence electrons. The van der Waals surface area contributed by atoms with Crippen molar-refractivity contribution in [3.63, 3.8) is 0 Å². The third-order valence-electron chi connectivity index (χ3n) is 6.45. The van der Waals surface area contributed by atoms with Crippen molar-refractivity contribution in [2.24, 2.45) is 0 Å². The second kappa shape index (κ2) is 7.74. The molecule has 1 aromatic carbocycles. The number of ether oxygens (including phenoxy) is 1. The number of carbonyl (C=O) groups is 1. The molecule has 0 saturated carbocycles. The van der Waals surface area contributed by atoms with E-state index < -0.39 is 11.4 Å². The van der Waals surface area contributed by atoms with Gasteiger partial charge in [0.2, 0.25) is 0 Å². The zero-order chi connectivity index (χ0) is 22.5. The van der Waals surface area contributed by atoms with Crippen molar-refractivity contribution in [1.82, 2.24) is 4.98 Å². The molecule has 0 spiro atoms. The Hall–Kier alpha value is -3.19. The molecule has 1 saturated heterocycles. The van der Waals surface area contributed by atoms with Gasteiger partial charge in [-0.2, -0.15) is 0 Å². The van der Waals surface area contributed by atoms with E-state index in [0.29, 0.717) is 22.6 Å². The molecule has 4 heterocycles. The summed E-state index contributed by atoms with van der Waals surface area (Å²) in [6, 6.07) is 8.34. The summed E-state index contributed by atoms with van der Waals surface area (Å²) in [5.41, 5.74) is 2.66. The van der Waals surface area contributed by atoms with Gasteiger partial charge in [0.25, 0.3) is 5.91 Å². The number of fused-ring (bicyclic) bond motifs is 1. The summed E-state index contributed by atoms with van der Waals surface area (Å²) in [5.74, 6) is 0.618. The third kappa shape index (κ3) is 3.46. The van der Waals surface area contributed by atoms with Crippen LogP contribution in [0.15, 0.2) is 48.4 Å². The minimum Gasteiger partial charge on any atom is -0.482 e. The number of pyridine rings is 1. The molecule has 32 heavy (non-hydrogen) atoms. The highest BCUT2D eigenvalue weighted by Gasteiger charge is 2.38. The lowest BCUT2D eigenvalue weighted by atomic mass is 9.93. The number of allylic oxidation sites excluding steroid dienone is 1. The molecular formula is C25H26FN3O3. The normalized spacial score (nSPS) is 24.1. The smallest absolute Gasteiger partial charge is 0.260 e. The molecule has 2 N–H and O–H groups in total. The molecule has 6 nitrogen and oxygen atoms in total. The first-order valence-corrected chi connectivity index (χ1v) is 11.0. The molecule has 0 radical (unpaired) electrons. The van der Waals surface area contributed by atoms with Gasteiger partial charge in [-0.25, -0.2) is 9.37 Å². The molecule has 2 aromatic rings. The maximum atomic E-state index is 13.6. The number of amides is 1. The van der Waals surface area contributed by atoms with Gasteiger partial charge in [-0.3, -0.25) is 4.79 Å². The van der Waals surface area contributed by atoms with Gasteiger partial charge in [-0.05, 0) is 69.5 Å². The molecule has 3 aliphatic rings. The molecule has 1 unspecified atom stereocenters. The van der Waals surface area contributed by atoms with Crippen LogP contribution in [0.5, 0.6) is 0 Å². The molecule has 0 bridgehead atoms. The van der Waals surface area contributed by atoms with Crippen molar-refractivity contribution < 1.29 is 19.0 Å². The number of rotatable bonds is 3. The van der Waals surface area contributed by atoms with Gasteiger partial charge >= 0.3 is 0 Å².